The van der Waals surface area contributed by atoms with Crippen LogP contribution in [0.25, 0.3) is 19.5 Å². The standard InChI is InChI=1S/C38H45F2NO2S3Si/c1-7-11-13-24(9-3)20-47(21-25(10-4)14-12-8-2)30-17-22(5)44-35(30)36-31(47)19-29(46-36)34-33-32(23(6)45-34)37(42)41(38(33)43)28-16-15-26(39)18-27(28)40/h15-19,24-25H,7-14,20-21H2,1-6H3. The molecule has 0 radical (unpaired) electrons. The van der Waals surface area contributed by atoms with Crippen LogP contribution in [0.5, 0.6) is 0 Å². The molecule has 0 fully saturated rings. The average molecular weight is 710 g/mol. The Morgan fingerprint density at radius 1 is 0.745 bits per heavy atom. The second-order valence-electron chi connectivity index (χ2n) is 13.6. The maximum absolute atomic E-state index is 14.9. The average Bonchev–Trinajstić information content (AvgIpc) is 3.83. The van der Waals surface area contributed by atoms with Crippen LogP contribution >= 0.6 is 34.0 Å². The molecule has 5 heterocycles. The van der Waals surface area contributed by atoms with Gasteiger partial charge in [0.15, 0.2) is 0 Å². The molecule has 2 aliphatic rings. The van der Waals surface area contributed by atoms with Crippen molar-refractivity contribution in [1.29, 1.82) is 0 Å². The topological polar surface area (TPSA) is 37.4 Å². The van der Waals surface area contributed by atoms with Crippen molar-refractivity contribution in [3.8, 4) is 19.5 Å². The summed E-state index contributed by atoms with van der Waals surface area (Å²) in [6, 6.07) is 10.4. The van der Waals surface area contributed by atoms with Crippen molar-refractivity contribution in [3.05, 3.63) is 62.8 Å². The van der Waals surface area contributed by atoms with Crippen molar-refractivity contribution in [1.82, 2.24) is 0 Å². The third-order valence-corrected chi connectivity index (χ3v) is 19.9. The zero-order valence-electron chi connectivity index (χ0n) is 28.4. The van der Waals surface area contributed by atoms with E-state index in [-0.39, 0.29) is 5.69 Å². The van der Waals surface area contributed by atoms with Gasteiger partial charge in [-0.1, -0.05) is 79.1 Å². The fourth-order valence-corrected chi connectivity index (χ4v) is 19.6. The molecule has 3 aromatic heterocycles. The molecule has 2 atom stereocenters. The molecule has 4 aromatic rings. The zero-order valence-corrected chi connectivity index (χ0v) is 31.8. The van der Waals surface area contributed by atoms with E-state index in [2.05, 4.69) is 46.8 Å². The number of fused-ring (bicyclic) bond motifs is 4. The van der Waals surface area contributed by atoms with Gasteiger partial charge in [-0.05, 0) is 72.4 Å². The van der Waals surface area contributed by atoms with Crippen LogP contribution in [0, 0.1) is 37.3 Å². The molecule has 2 amide bonds. The van der Waals surface area contributed by atoms with Gasteiger partial charge in [0.25, 0.3) is 11.8 Å². The van der Waals surface area contributed by atoms with Crippen molar-refractivity contribution in [2.75, 3.05) is 4.90 Å². The van der Waals surface area contributed by atoms with Gasteiger partial charge < -0.3 is 0 Å². The third-order valence-electron chi connectivity index (χ3n) is 10.5. The van der Waals surface area contributed by atoms with Gasteiger partial charge in [0.2, 0.25) is 0 Å². The Hall–Kier alpha value is -2.46. The molecular weight excluding hydrogens is 665 g/mol. The first-order chi connectivity index (χ1) is 22.6. The van der Waals surface area contributed by atoms with Crippen molar-refractivity contribution in [2.45, 2.75) is 105 Å². The van der Waals surface area contributed by atoms with E-state index in [1.54, 1.807) is 16.5 Å². The number of unbranched alkanes of at least 4 members (excludes halogenated alkanes) is 2. The molecule has 3 nitrogen and oxygen atoms in total. The predicted molar refractivity (Wildman–Crippen MR) is 199 cm³/mol. The van der Waals surface area contributed by atoms with Crippen LogP contribution in [0.4, 0.5) is 14.5 Å². The second kappa shape index (κ2) is 13.8. The maximum atomic E-state index is 14.9. The normalized spacial score (nSPS) is 18.2. The highest BCUT2D eigenvalue weighted by molar-refractivity contribution is 7.32. The number of nitrogens with zero attached hydrogens (tertiary/aromatic N) is 1. The van der Waals surface area contributed by atoms with Gasteiger partial charge in [0.1, 0.15) is 19.7 Å². The SMILES string of the molecule is CCCCC(CC)C[Si]1(CC(CC)CCCC)c2cc(C)sc2-c2sc(-c3sc(C)c4c3C(=O)N(c3ccc(F)cc3F)C4=O)cc21. The number of aryl methyl sites for hydroxylation is 2. The number of halogens is 2. The molecular formula is C38H45F2NO2S3Si. The minimum atomic E-state index is -2.18. The first kappa shape index (κ1) is 34.4. The molecule has 0 saturated heterocycles. The van der Waals surface area contributed by atoms with Crippen LogP contribution < -0.4 is 15.3 Å². The van der Waals surface area contributed by atoms with Gasteiger partial charge >= 0.3 is 0 Å². The monoisotopic (exact) mass is 709 g/mol. The number of carbonyl (C=O) groups excluding carboxylic acids is 2. The Morgan fingerprint density at radius 2 is 1.34 bits per heavy atom. The molecule has 0 N–H and O–H groups in total. The lowest BCUT2D eigenvalue weighted by Gasteiger charge is -2.35. The van der Waals surface area contributed by atoms with Crippen LogP contribution in [0.1, 0.15) is 110 Å². The predicted octanol–water partition coefficient (Wildman–Crippen LogP) is 11.2. The molecule has 6 rings (SSSR count). The molecule has 0 spiro atoms. The Balaban J connectivity index is 1.49. The van der Waals surface area contributed by atoms with Gasteiger partial charge in [-0.2, -0.15) is 0 Å². The van der Waals surface area contributed by atoms with Gasteiger partial charge in [-0.25, -0.2) is 13.7 Å². The van der Waals surface area contributed by atoms with Gasteiger partial charge in [-0.3, -0.25) is 9.59 Å². The number of imide groups is 1. The summed E-state index contributed by atoms with van der Waals surface area (Å²) in [5, 5.41) is 3.16. The van der Waals surface area contributed by atoms with Crippen LogP contribution in [0.2, 0.25) is 12.1 Å². The Bertz CT molecular complexity index is 1800. The molecule has 0 bridgehead atoms. The lowest BCUT2D eigenvalue weighted by Crippen LogP contribution is -2.56. The summed E-state index contributed by atoms with van der Waals surface area (Å²) in [5.74, 6) is -1.38. The van der Waals surface area contributed by atoms with Crippen molar-refractivity contribution < 1.29 is 18.4 Å². The molecule has 0 saturated carbocycles. The molecule has 250 valence electrons. The van der Waals surface area contributed by atoms with Gasteiger partial charge in [0.05, 0.1) is 21.7 Å². The molecule has 1 aromatic carbocycles. The first-order valence-corrected chi connectivity index (χ1v) is 22.2. The lowest BCUT2D eigenvalue weighted by molar-refractivity contribution is 0.0924. The fraction of sp³-hybridized carbons (Fsp3) is 0.474. The highest BCUT2D eigenvalue weighted by Gasteiger charge is 2.50. The number of amides is 2. The summed E-state index contributed by atoms with van der Waals surface area (Å²) >= 11 is 5.18. The smallest absolute Gasteiger partial charge is 0.267 e. The van der Waals surface area contributed by atoms with Crippen LogP contribution in [0.15, 0.2) is 30.3 Å². The van der Waals surface area contributed by atoms with E-state index in [9.17, 15) is 18.4 Å². The Labute approximate surface area is 291 Å². The second-order valence-corrected chi connectivity index (χ2v) is 21.1. The van der Waals surface area contributed by atoms with E-state index in [1.165, 1.54) is 101 Å². The third kappa shape index (κ3) is 5.93. The van der Waals surface area contributed by atoms with E-state index in [0.29, 0.717) is 23.0 Å². The van der Waals surface area contributed by atoms with Crippen molar-refractivity contribution in [2.24, 2.45) is 11.8 Å². The fourth-order valence-electron chi connectivity index (χ4n) is 7.98. The first-order valence-electron chi connectivity index (χ1n) is 17.3. The number of thiophene rings is 3. The van der Waals surface area contributed by atoms with Crippen molar-refractivity contribution >= 4 is 70.0 Å². The van der Waals surface area contributed by atoms with Crippen LogP contribution in [-0.4, -0.2) is 19.9 Å². The number of anilines is 1. The minimum absolute atomic E-state index is 0.206. The van der Waals surface area contributed by atoms with Gasteiger partial charge in [0, 0.05) is 30.5 Å². The number of rotatable bonds is 14. The summed E-state index contributed by atoms with van der Waals surface area (Å²) in [5.41, 5.74) is 0.501. The molecule has 0 aliphatic carbocycles. The maximum Gasteiger partial charge on any atom is 0.267 e. The summed E-state index contributed by atoms with van der Waals surface area (Å²) in [6.07, 6.45) is 9.86. The Kier molecular flexibility index (Phi) is 10.1. The molecule has 2 unspecified atom stereocenters. The zero-order chi connectivity index (χ0) is 33.6. The number of hydrogen-bond donors (Lipinski definition) is 0. The number of benzene rings is 1. The number of carbonyl (C=O) groups is 2. The highest BCUT2D eigenvalue weighted by Crippen LogP contribution is 2.50. The number of hydrogen-bond acceptors (Lipinski definition) is 5. The summed E-state index contributed by atoms with van der Waals surface area (Å²) in [4.78, 5) is 35.3. The largest absolute Gasteiger partial charge is 0.268 e. The van der Waals surface area contributed by atoms with Crippen LogP contribution in [0.3, 0.4) is 0 Å². The summed E-state index contributed by atoms with van der Waals surface area (Å²) < 4.78 is 28.6. The van der Waals surface area contributed by atoms with Gasteiger partial charge in [-0.15, -0.1) is 34.0 Å². The minimum Gasteiger partial charge on any atom is -0.268 e. The summed E-state index contributed by atoms with van der Waals surface area (Å²) in [7, 11) is -2.18. The molecule has 9 heteroatoms. The van der Waals surface area contributed by atoms with E-state index < -0.39 is 31.5 Å². The molecule has 47 heavy (non-hydrogen) atoms. The van der Waals surface area contributed by atoms with Crippen molar-refractivity contribution in [3.63, 3.8) is 0 Å². The van der Waals surface area contributed by atoms with E-state index in [1.807, 2.05) is 18.3 Å². The lowest BCUT2D eigenvalue weighted by atomic mass is 10.0. The molecule has 2 aliphatic heterocycles. The van der Waals surface area contributed by atoms with E-state index >= 15 is 0 Å². The Morgan fingerprint density at radius 3 is 1.94 bits per heavy atom. The van der Waals surface area contributed by atoms with E-state index in [0.717, 1.165) is 31.7 Å². The van der Waals surface area contributed by atoms with Crippen LogP contribution in [-0.2, 0) is 0 Å². The summed E-state index contributed by atoms with van der Waals surface area (Å²) in [6.45, 7) is 13.4. The van der Waals surface area contributed by atoms with E-state index in [4.69, 9.17) is 0 Å². The quantitative estimate of drug-likeness (QED) is 0.0965. The highest BCUT2D eigenvalue weighted by atomic mass is 32.1.